The molecule has 0 aliphatic carbocycles. The lowest BCUT2D eigenvalue weighted by atomic mass is 10.3. The van der Waals surface area contributed by atoms with Gasteiger partial charge in [0, 0.05) is 11.6 Å². The van der Waals surface area contributed by atoms with E-state index in [-0.39, 0.29) is 5.76 Å². The molecule has 0 radical (unpaired) electrons. The van der Waals surface area contributed by atoms with Crippen molar-refractivity contribution in [3.8, 4) is 0 Å². The number of rotatable bonds is 1. The summed E-state index contributed by atoms with van der Waals surface area (Å²) in [7, 11) is 0. The maximum absolute atomic E-state index is 10.7. The highest BCUT2D eigenvalue weighted by molar-refractivity contribution is 5.94. The van der Waals surface area contributed by atoms with Crippen LogP contribution >= 0.6 is 0 Å². The standard InChI is InChI=1S/C8H6N2O2/c9-7(11)6-4-5-2-1-3-10-8(5)12-6/h1-4H,(H2,9,11). The van der Waals surface area contributed by atoms with Gasteiger partial charge in [0.2, 0.25) is 5.71 Å². The summed E-state index contributed by atoms with van der Waals surface area (Å²) in [5.74, 6) is -0.434. The van der Waals surface area contributed by atoms with Gasteiger partial charge in [-0.25, -0.2) is 4.98 Å². The van der Waals surface area contributed by atoms with Gasteiger partial charge < -0.3 is 10.2 Å². The molecule has 2 rings (SSSR count). The first-order chi connectivity index (χ1) is 5.77. The maximum Gasteiger partial charge on any atom is 0.284 e. The second-order valence-corrected chi connectivity index (χ2v) is 2.37. The molecule has 0 spiro atoms. The lowest BCUT2D eigenvalue weighted by molar-refractivity contribution is 0.0975. The highest BCUT2D eigenvalue weighted by Gasteiger charge is 2.07. The van der Waals surface area contributed by atoms with Gasteiger partial charge in [0.15, 0.2) is 5.76 Å². The molecule has 60 valence electrons. The number of nitrogens with two attached hydrogens (primary N) is 1. The van der Waals surface area contributed by atoms with Crippen LogP contribution in [0, 0.1) is 0 Å². The molecule has 0 atom stereocenters. The SMILES string of the molecule is NC(=O)c1cc2cccnc2o1. The Kier molecular flexibility index (Phi) is 1.33. The van der Waals surface area contributed by atoms with Crippen molar-refractivity contribution in [1.29, 1.82) is 0 Å². The molecule has 0 fully saturated rings. The first kappa shape index (κ1) is 6.84. The lowest BCUT2D eigenvalue weighted by Crippen LogP contribution is -2.08. The minimum Gasteiger partial charge on any atom is -0.433 e. The fourth-order valence-corrected chi connectivity index (χ4v) is 0.995. The summed E-state index contributed by atoms with van der Waals surface area (Å²) in [5.41, 5.74) is 5.45. The highest BCUT2D eigenvalue weighted by atomic mass is 16.4. The van der Waals surface area contributed by atoms with Crippen molar-refractivity contribution in [3.63, 3.8) is 0 Å². The predicted octanol–water partition coefficient (Wildman–Crippen LogP) is 0.927. The van der Waals surface area contributed by atoms with Crippen molar-refractivity contribution < 1.29 is 9.21 Å². The van der Waals surface area contributed by atoms with Crippen LogP contribution in [0.4, 0.5) is 0 Å². The number of furan rings is 1. The molecule has 0 saturated heterocycles. The third-order valence-corrected chi connectivity index (χ3v) is 1.54. The van der Waals surface area contributed by atoms with Crippen LogP contribution in [0.1, 0.15) is 10.6 Å². The Morgan fingerprint density at radius 1 is 1.58 bits per heavy atom. The van der Waals surface area contributed by atoms with Crippen LogP contribution in [-0.2, 0) is 0 Å². The van der Waals surface area contributed by atoms with E-state index in [1.165, 1.54) is 0 Å². The van der Waals surface area contributed by atoms with E-state index in [0.29, 0.717) is 5.71 Å². The zero-order chi connectivity index (χ0) is 8.55. The topological polar surface area (TPSA) is 69.1 Å². The van der Waals surface area contributed by atoms with Gasteiger partial charge in [0.25, 0.3) is 5.91 Å². The monoisotopic (exact) mass is 162 g/mol. The summed E-state index contributed by atoms with van der Waals surface area (Å²) in [6, 6.07) is 5.14. The van der Waals surface area contributed by atoms with Crippen LogP contribution in [-0.4, -0.2) is 10.9 Å². The van der Waals surface area contributed by atoms with Gasteiger partial charge in [0.1, 0.15) is 0 Å². The number of amides is 1. The van der Waals surface area contributed by atoms with E-state index in [4.69, 9.17) is 10.2 Å². The Labute approximate surface area is 68.0 Å². The average molecular weight is 162 g/mol. The van der Waals surface area contributed by atoms with Gasteiger partial charge in [-0.05, 0) is 18.2 Å². The van der Waals surface area contributed by atoms with E-state index in [0.717, 1.165) is 5.39 Å². The molecule has 2 aromatic rings. The largest absolute Gasteiger partial charge is 0.433 e. The van der Waals surface area contributed by atoms with Gasteiger partial charge >= 0.3 is 0 Å². The third-order valence-electron chi connectivity index (χ3n) is 1.54. The summed E-state index contributed by atoms with van der Waals surface area (Å²) in [6.07, 6.45) is 1.59. The quantitative estimate of drug-likeness (QED) is 0.678. The van der Waals surface area contributed by atoms with Gasteiger partial charge in [-0.15, -0.1) is 0 Å². The zero-order valence-electron chi connectivity index (χ0n) is 6.15. The minimum absolute atomic E-state index is 0.142. The van der Waals surface area contributed by atoms with Gasteiger partial charge in [-0.3, -0.25) is 4.79 Å². The highest BCUT2D eigenvalue weighted by Crippen LogP contribution is 2.15. The lowest BCUT2D eigenvalue weighted by Gasteiger charge is -1.83. The van der Waals surface area contributed by atoms with Crippen molar-refractivity contribution in [2.24, 2.45) is 5.73 Å². The number of carbonyl (C=O) groups is 1. The molecule has 0 aromatic carbocycles. The van der Waals surface area contributed by atoms with Crippen molar-refractivity contribution in [2.45, 2.75) is 0 Å². The molecular formula is C8H6N2O2. The fourth-order valence-electron chi connectivity index (χ4n) is 0.995. The van der Waals surface area contributed by atoms with Crippen molar-refractivity contribution >= 4 is 17.0 Å². The van der Waals surface area contributed by atoms with E-state index in [1.807, 2.05) is 0 Å². The predicted molar refractivity (Wildman–Crippen MR) is 42.5 cm³/mol. The van der Waals surface area contributed by atoms with Crippen LogP contribution in [0.2, 0.25) is 0 Å². The fraction of sp³-hybridized carbons (Fsp3) is 0. The smallest absolute Gasteiger partial charge is 0.284 e. The molecular weight excluding hydrogens is 156 g/mol. The Bertz CT molecular complexity index is 400. The Morgan fingerprint density at radius 3 is 3.08 bits per heavy atom. The van der Waals surface area contributed by atoms with E-state index >= 15 is 0 Å². The molecule has 0 aliphatic heterocycles. The third kappa shape index (κ3) is 0.934. The molecule has 12 heavy (non-hydrogen) atoms. The van der Waals surface area contributed by atoms with Gasteiger partial charge in [0.05, 0.1) is 0 Å². The number of aromatic nitrogens is 1. The molecule has 0 saturated carbocycles. The van der Waals surface area contributed by atoms with Crippen LogP contribution < -0.4 is 5.73 Å². The number of fused-ring (bicyclic) bond motifs is 1. The van der Waals surface area contributed by atoms with E-state index in [2.05, 4.69) is 4.98 Å². The van der Waals surface area contributed by atoms with E-state index in [9.17, 15) is 4.79 Å². The molecule has 0 bridgehead atoms. The van der Waals surface area contributed by atoms with E-state index < -0.39 is 5.91 Å². The molecule has 2 heterocycles. The molecule has 1 amide bonds. The summed E-state index contributed by atoms with van der Waals surface area (Å²) < 4.78 is 5.04. The molecule has 4 nitrogen and oxygen atoms in total. The Morgan fingerprint density at radius 2 is 2.42 bits per heavy atom. The Hall–Kier alpha value is -1.84. The first-order valence-electron chi connectivity index (χ1n) is 3.42. The average Bonchev–Trinajstić information content (AvgIpc) is 2.46. The number of hydrogen-bond acceptors (Lipinski definition) is 3. The first-order valence-corrected chi connectivity index (χ1v) is 3.42. The van der Waals surface area contributed by atoms with Crippen molar-refractivity contribution in [3.05, 3.63) is 30.2 Å². The molecule has 0 aliphatic rings. The van der Waals surface area contributed by atoms with Crippen LogP contribution in [0.15, 0.2) is 28.8 Å². The normalized spacial score (nSPS) is 10.3. The summed E-state index contributed by atoms with van der Waals surface area (Å²) in [5, 5.41) is 0.784. The number of nitrogens with zero attached hydrogens (tertiary/aromatic N) is 1. The van der Waals surface area contributed by atoms with Gasteiger partial charge in [-0.2, -0.15) is 0 Å². The summed E-state index contributed by atoms with van der Waals surface area (Å²) in [6.45, 7) is 0. The summed E-state index contributed by atoms with van der Waals surface area (Å²) in [4.78, 5) is 14.6. The molecule has 2 aromatic heterocycles. The zero-order valence-corrected chi connectivity index (χ0v) is 6.15. The molecule has 0 unspecified atom stereocenters. The second kappa shape index (κ2) is 2.34. The van der Waals surface area contributed by atoms with E-state index in [1.54, 1.807) is 24.4 Å². The van der Waals surface area contributed by atoms with Crippen LogP contribution in [0.3, 0.4) is 0 Å². The van der Waals surface area contributed by atoms with Crippen molar-refractivity contribution in [1.82, 2.24) is 4.98 Å². The van der Waals surface area contributed by atoms with Crippen LogP contribution in [0.25, 0.3) is 11.1 Å². The second-order valence-electron chi connectivity index (χ2n) is 2.37. The number of pyridine rings is 1. The number of primary amides is 1. The van der Waals surface area contributed by atoms with Crippen LogP contribution in [0.5, 0.6) is 0 Å². The molecule has 2 N–H and O–H groups in total. The van der Waals surface area contributed by atoms with Crippen molar-refractivity contribution in [2.75, 3.05) is 0 Å². The summed E-state index contributed by atoms with van der Waals surface area (Å²) >= 11 is 0. The van der Waals surface area contributed by atoms with Gasteiger partial charge in [-0.1, -0.05) is 0 Å². The minimum atomic E-state index is -0.576. The molecule has 4 heteroatoms. The number of carbonyl (C=O) groups excluding carboxylic acids is 1. The number of hydrogen-bond donors (Lipinski definition) is 1. The maximum atomic E-state index is 10.7. The Balaban J connectivity index is 2.70.